The average molecular weight is 457 g/mol. The van der Waals surface area contributed by atoms with Crippen LogP contribution in [0, 0.1) is 0 Å². The third-order valence-electron chi connectivity index (χ3n) is 6.18. The summed E-state index contributed by atoms with van der Waals surface area (Å²) in [5, 5.41) is 9.44. The Morgan fingerprint density at radius 2 is 1.03 bits per heavy atom. The number of carbonyl (C=O) groups is 1. The van der Waals surface area contributed by atoms with Crippen molar-refractivity contribution in [3.8, 4) is 0 Å². The molecule has 0 aromatic heterocycles. The van der Waals surface area contributed by atoms with Crippen LogP contribution in [-0.4, -0.2) is 37.0 Å². The molecule has 192 valence electrons. The van der Waals surface area contributed by atoms with Crippen molar-refractivity contribution >= 4 is 5.97 Å². The molecule has 0 fully saturated rings. The number of ether oxygens (including phenoxy) is 2. The summed E-state index contributed by atoms with van der Waals surface area (Å²) < 4.78 is 11.0. The Bertz CT molecular complexity index is 372. The molecule has 0 saturated heterocycles. The van der Waals surface area contributed by atoms with E-state index < -0.39 is 6.10 Å². The molecule has 0 rings (SSSR count). The number of aliphatic hydroxyl groups is 1. The van der Waals surface area contributed by atoms with Crippen molar-refractivity contribution < 1.29 is 19.4 Å². The predicted molar refractivity (Wildman–Crippen MR) is 136 cm³/mol. The van der Waals surface area contributed by atoms with Gasteiger partial charge in [-0.15, -0.1) is 0 Å². The van der Waals surface area contributed by atoms with Crippen molar-refractivity contribution in [2.75, 3.05) is 19.8 Å². The standard InChI is InChI=1S/C28H56O4/c1-3-5-7-9-11-13-14-15-17-19-21-23-28(30)32-27(25-29)26-31-24-22-20-18-16-12-10-8-6-4-2/h27,29H,3-26H2,1-2H3. The molecule has 0 aliphatic heterocycles. The Morgan fingerprint density at radius 1 is 0.625 bits per heavy atom. The lowest BCUT2D eigenvalue weighted by Crippen LogP contribution is -2.27. The number of hydrogen-bond donors (Lipinski definition) is 1. The minimum Gasteiger partial charge on any atom is -0.457 e. The molecule has 0 aromatic rings. The van der Waals surface area contributed by atoms with E-state index in [1.807, 2.05) is 0 Å². The zero-order chi connectivity index (χ0) is 23.5. The highest BCUT2D eigenvalue weighted by Gasteiger charge is 2.13. The molecule has 0 bridgehead atoms. The van der Waals surface area contributed by atoms with Gasteiger partial charge in [-0.3, -0.25) is 4.79 Å². The van der Waals surface area contributed by atoms with Gasteiger partial charge in [-0.05, 0) is 12.8 Å². The topological polar surface area (TPSA) is 55.8 Å². The summed E-state index contributed by atoms with van der Waals surface area (Å²) in [7, 11) is 0. The van der Waals surface area contributed by atoms with Crippen molar-refractivity contribution in [2.45, 2.75) is 155 Å². The lowest BCUT2D eigenvalue weighted by atomic mass is 10.1. The van der Waals surface area contributed by atoms with Crippen LogP contribution < -0.4 is 0 Å². The van der Waals surface area contributed by atoms with E-state index in [1.54, 1.807) is 0 Å². The molecule has 0 amide bonds. The minimum atomic E-state index is -0.520. The Morgan fingerprint density at radius 3 is 1.47 bits per heavy atom. The Kier molecular flexibility index (Phi) is 26.1. The van der Waals surface area contributed by atoms with Gasteiger partial charge in [0.15, 0.2) is 0 Å². The van der Waals surface area contributed by atoms with Crippen LogP contribution in [0.15, 0.2) is 0 Å². The average Bonchev–Trinajstić information content (AvgIpc) is 2.80. The second kappa shape index (κ2) is 26.6. The Labute approximate surface area is 200 Å². The van der Waals surface area contributed by atoms with Gasteiger partial charge >= 0.3 is 5.97 Å². The van der Waals surface area contributed by atoms with Gasteiger partial charge in [0.2, 0.25) is 0 Å². The largest absolute Gasteiger partial charge is 0.457 e. The molecular formula is C28H56O4. The monoisotopic (exact) mass is 456 g/mol. The molecule has 0 aliphatic carbocycles. The number of unbranched alkanes of at least 4 members (excludes halogenated alkanes) is 18. The summed E-state index contributed by atoms with van der Waals surface area (Å²) in [6, 6.07) is 0. The van der Waals surface area contributed by atoms with Crippen molar-refractivity contribution in [3.63, 3.8) is 0 Å². The third-order valence-corrected chi connectivity index (χ3v) is 6.18. The van der Waals surface area contributed by atoms with E-state index in [9.17, 15) is 9.90 Å². The zero-order valence-electron chi connectivity index (χ0n) is 21.7. The van der Waals surface area contributed by atoms with Crippen LogP contribution in [0.5, 0.6) is 0 Å². The normalized spacial score (nSPS) is 12.2. The highest BCUT2D eigenvalue weighted by molar-refractivity contribution is 5.69. The first-order chi connectivity index (χ1) is 15.7. The summed E-state index contributed by atoms with van der Waals surface area (Å²) in [5.74, 6) is -0.202. The SMILES string of the molecule is CCCCCCCCCCCCCC(=O)OC(CO)COCCCCCCCCCCC. The summed E-state index contributed by atoms with van der Waals surface area (Å²) in [4.78, 5) is 12.0. The van der Waals surface area contributed by atoms with Crippen molar-refractivity contribution in [1.29, 1.82) is 0 Å². The molecule has 0 heterocycles. The second-order valence-electron chi connectivity index (χ2n) is 9.48. The molecule has 32 heavy (non-hydrogen) atoms. The van der Waals surface area contributed by atoms with Gasteiger partial charge in [-0.25, -0.2) is 0 Å². The van der Waals surface area contributed by atoms with E-state index in [0.29, 0.717) is 19.6 Å². The van der Waals surface area contributed by atoms with Crippen LogP contribution >= 0.6 is 0 Å². The Balaban J connectivity index is 3.44. The van der Waals surface area contributed by atoms with Gasteiger partial charge in [0.25, 0.3) is 0 Å². The molecule has 0 spiro atoms. The van der Waals surface area contributed by atoms with Crippen LogP contribution in [0.3, 0.4) is 0 Å². The van der Waals surface area contributed by atoms with Crippen LogP contribution in [0.4, 0.5) is 0 Å². The lowest BCUT2D eigenvalue weighted by Gasteiger charge is -2.16. The molecule has 0 aliphatic rings. The van der Waals surface area contributed by atoms with E-state index in [0.717, 1.165) is 19.3 Å². The highest BCUT2D eigenvalue weighted by Crippen LogP contribution is 2.13. The number of aliphatic hydroxyl groups excluding tert-OH is 1. The molecular weight excluding hydrogens is 400 g/mol. The van der Waals surface area contributed by atoms with Gasteiger partial charge in [0.05, 0.1) is 13.2 Å². The van der Waals surface area contributed by atoms with Crippen LogP contribution in [0.25, 0.3) is 0 Å². The first kappa shape index (κ1) is 31.4. The summed E-state index contributed by atoms with van der Waals surface area (Å²) >= 11 is 0. The number of hydrogen-bond acceptors (Lipinski definition) is 4. The lowest BCUT2D eigenvalue weighted by molar-refractivity contribution is -0.154. The fraction of sp³-hybridized carbons (Fsp3) is 0.964. The van der Waals surface area contributed by atoms with Crippen molar-refractivity contribution in [1.82, 2.24) is 0 Å². The molecule has 1 unspecified atom stereocenters. The van der Waals surface area contributed by atoms with E-state index >= 15 is 0 Å². The maximum atomic E-state index is 12.0. The van der Waals surface area contributed by atoms with Gasteiger partial charge in [0.1, 0.15) is 6.10 Å². The Hall–Kier alpha value is -0.610. The first-order valence-corrected chi connectivity index (χ1v) is 14.1. The van der Waals surface area contributed by atoms with E-state index in [4.69, 9.17) is 9.47 Å². The summed E-state index contributed by atoms with van der Waals surface area (Å²) in [5.41, 5.74) is 0. The smallest absolute Gasteiger partial charge is 0.306 e. The molecule has 0 aromatic carbocycles. The predicted octanol–water partition coefficient (Wildman–Crippen LogP) is 8.14. The highest BCUT2D eigenvalue weighted by atomic mass is 16.6. The van der Waals surface area contributed by atoms with E-state index in [1.165, 1.54) is 109 Å². The van der Waals surface area contributed by atoms with Crippen LogP contribution in [-0.2, 0) is 14.3 Å². The maximum Gasteiger partial charge on any atom is 0.306 e. The van der Waals surface area contributed by atoms with E-state index in [2.05, 4.69) is 13.8 Å². The van der Waals surface area contributed by atoms with Crippen molar-refractivity contribution in [2.24, 2.45) is 0 Å². The maximum absolute atomic E-state index is 12.0. The number of carbonyl (C=O) groups excluding carboxylic acids is 1. The first-order valence-electron chi connectivity index (χ1n) is 14.1. The minimum absolute atomic E-state index is 0.165. The third kappa shape index (κ3) is 24.0. The fourth-order valence-electron chi connectivity index (χ4n) is 4.03. The van der Waals surface area contributed by atoms with Crippen LogP contribution in [0.2, 0.25) is 0 Å². The van der Waals surface area contributed by atoms with Gasteiger partial charge in [-0.2, -0.15) is 0 Å². The quantitative estimate of drug-likeness (QED) is 0.105. The second-order valence-corrected chi connectivity index (χ2v) is 9.48. The zero-order valence-corrected chi connectivity index (χ0v) is 21.7. The number of rotatable bonds is 26. The summed E-state index contributed by atoms with van der Waals surface area (Å²) in [6.45, 7) is 5.33. The van der Waals surface area contributed by atoms with Gasteiger partial charge in [0, 0.05) is 13.0 Å². The molecule has 0 saturated carbocycles. The molecule has 1 atom stereocenters. The fourth-order valence-corrected chi connectivity index (χ4v) is 4.03. The summed E-state index contributed by atoms with van der Waals surface area (Å²) in [6.07, 6.45) is 25.5. The number of esters is 1. The van der Waals surface area contributed by atoms with Gasteiger partial charge in [-0.1, -0.05) is 129 Å². The van der Waals surface area contributed by atoms with Crippen LogP contribution in [0.1, 0.15) is 149 Å². The molecule has 0 radical (unpaired) electrons. The molecule has 1 N–H and O–H groups in total. The molecule has 4 nitrogen and oxygen atoms in total. The van der Waals surface area contributed by atoms with E-state index in [-0.39, 0.29) is 12.6 Å². The molecule has 4 heteroatoms. The van der Waals surface area contributed by atoms with Crippen molar-refractivity contribution in [3.05, 3.63) is 0 Å². The van der Waals surface area contributed by atoms with Gasteiger partial charge < -0.3 is 14.6 Å².